The van der Waals surface area contributed by atoms with Crippen molar-refractivity contribution in [2.75, 3.05) is 0 Å². The van der Waals surface area contributed by atoms with Gasteiger partial charge >= 0.3 is 0 Å². The molecule has 1 N–H and O–H groups in total. The Morgan fingerprint density at radius 1 is 1.32 bits per heavy atom. The maximum absolute atomic E-state index is 12.3. The Bertz CT molecular complexity index is 946. The van der Waals surface area contributed by atoms with Gasteiger partial charge < -0.3 is 5.32 Å². The van der Waals surface area contributed by atoms with Crippen LogP contribution < -0.4 is 5.32 Å². The summed E-state index contributed by atoms with van der Waals surface area (Å²) >= 11 is 5.81. The molecule has 0 spiro atoms. The Hall–Kier alpha value is -3.31. The van der Waals surface area contributed by atoms with Crippen LogP contribution in [-0.4, -0.2) is 30.6 Å². The van der Waals surface area contributed by atoms with Gasteiger partial charge in [-0.05, 0) is 31.2 Å². The number of nitrogens with one attached hydrogen (secondary N) is 1. The number of nitrogens with zero attached hydrogens (tertiary/aromatic N) is 6. The fraction of sp³-hybridized carbons (Fsp3) is 0.125. The first-order valence-corrected chi connectivity index (χ1v) is 7.66. The minimum absolute atomic E-state index is 0.210. The van der Waals surface area contributed by atoms with Crippen LogP contribution in [0.5, 0.6) is 0 Å². The van der Waals surface area contributed by atoms with Crippen molar-refractivity contribution in [3.05, 3.63) is 65.1 Å². The Balaban J connectivity index is 1.81. The van der Waals surface area contributed by atoms with E-state index in [0.29, 0.717) is 17.2 Å². The van der Waals surface area contributed by atoms with E-state index >= 15 is 0 Å². The summed E-state index contributed by atoms with van der Waals surface area (Å²) in [6, 6.07) is 9.65. The van der Waals surface area contributed by atoms with Crippen molar-refractivity contribution in [1.29, 1.82) is 5.26 Å². The number of hydrogen-bond acceptors (Lipinski definition) is 6. The lowest BCUT2D eigenvalue weighted by atomic mass is 10.2. The van der Waals surface area contributed by atoms with Crippen LogP contribution >= 0.6 is 11.6 Å². The maximum Gasteiger partial charge on any atom is 0.270 e. The van der Waals surface area contributed by atoms with E-state index in [1.54, 1.807) is 37.3 Å². The minimum Gasteiger partial charge on any atom is -0.341 e. The van der Waals surface area contributed by atoms with E-state index in [2.05, 4.69) is 25.4 Å². The molecule has 0 aliphatic carbocycles. The van der Waals surface area contributed by atoms with Crippen LogP contribution in [0.15, 0.2) is 42.9 Å². The molecule has 8 nitrogen and oxygen atoms in total. The van der Waals surface area contributed by atoms with Crippen molar-refractivity contribution in [1.82, 2.24) is 30.0 Å². The molecule has 1 amide bonds. The second kappa shape index (κ2) is 7.07. The Labute approximate surface area is 148 Å². The third kappa shape index (κ3) is 3.62. The van der Waals surface area contributed by atoms with Gasteiger partial charge in [-0.1, -0.05) is 17.7 Å². The van der Waals surface area contributed by atoms with Crippen molar-refractivity contribution < 1.29 is 4.79 Å². The lowest BCUT2D eigenvalue weighted by Crippen LogP contribution is -2.29. The van der Waals surface area contributed by atoms with E-state index in [-0.39, 0.29) is 16.8 Å². The standard InChI is InChI=1S/C16H12ClN7O/c1-10(22-16(25)12-3-2-4-13(17)23-12)15-20-9-21-24(15)14-6-5-11(7-18)8-19-14/h2-6,8-10H,1H3,(H,22,25)/t10-/m0/s1. The molecule has 0 fully saturated rings. The molecule has 9 heteroatoms. The normalized spacial score (nSPS) is 11.6. The van der Waals surface area contributed by atoms with Crippen molar-refractivity contribution in [3.63, 3.8) is 0 Å². The van der Waals surface area contributed by atoms with Gasteiger partial charge in [0, 0.05) is 6.20 Å². The highest BCUT2D eigenvalue weighted by Gasteiger charge is 2.19. The smallest absolute Gasteiger partial charge is 0.270 e. The van der Waals surface area contributed by atoms with Crippen molar-refractivity contribution in [2.24, 2.45) is 0 Å². The van der Waals surface area contributed by atoms with E-state index < -0.39 is 6.04 Å². The average molecular weight is 354 g/mol. The van der Waals surface area contributed by atoms with Crippen LogP contribution in [0.1, 0.15) is 34.8 Å². The SMILES string of the molecule is C[C@H](NC(=O)c1cccc(Cl)n1)c1ncnn1-c1ccc(C#N)cn1. The summed E-state index contributed by atoms with van der Waals surface area (Å²) in [5.41, 5.74) is 0.653. The van der Waals surface area contributed by atoms with Gasteiger partial charge in [0.1, 0.15) is 23.2 Å². The first-order chi connectivity index (χ1) is 12.1. The second-order valence-electron chi connectivity index (χ2n) is 5.09. The number of carbonyl (C=O) groups excluding carboxylic acids is 1. The summed E-state index contributed by atoms with van der Waals surface area (Å²) in [5.74, 6) is 0.610. The number of halogens is 1. The zero-order chi connectivity index (χ0) is 17.8. The van der Waals surface area contributed by atoms with Gasteiger partial charge in [-0.15, -0.1) is 0 Å². The monoisotopic (exact) mass is 353 g/mol. The molecule has 0 bridgehead atoms. The summed E-state index contributed by atoms with van der Waals surface area (Å²) in [4.78, 5) is 24.6. The van der Waals surface area contributed by atoms with Crippen LogP contribution in [0, 0.1) is 11.3 Å². The van der Waals surface area contributed by atoms with Gasteiger partial charge in [0.25, 0.3) is 5.91 Å². The largest absolute Gasteiger partial charge is 0.341 e. The zero-order valence-corrected chi connectivity index (χ0v) is 13.8. The van der Waals surface area contributed by atoms with Crippen LogP contribution in [-0.2, 0) is 0 Å². The molecule has 3 heterocycles. The maximum atomic E-state index is 12.3. The Kier molecular flexibility index (Phi) is 4.68. The van der Waals surface area contributed by atoms with Crippen LogP contribution in [0.25, 0.3) is 5.82 Å². The number of pyridine rings is 2. The Morgan fingerprint density at radius 3 is 2.84 bits per heavy atom. The molecule has 124 valence electrons. The van der Waals surface area contributed by atoms with Gasteiger partial charge in [-0.3, -0.25) is 4.79 Å². The molecule has 25 heavy (non-hydrogen) atoms. The second-order valence-corrected chi connectivity index (χ2v) is 5.47. The molecule has 3 aromatic rings. The number of carbonyl (C=O) groups is 1. The topological polar surface area (TPSA) is 109 Å². The lowest BCUT2D eigenvalue weighted by molar-refractivity contribution is 0.0933. The third-order valence-corrected chi connectivity index (χ3v) is 3.56. The van der Waals surface area contributed by atoms with E-state index in [9.17, 15) is 4.79 Å². The summed E-state index contributed by atoms with van der Waals surface area (Å²) < 4.78 is 1.50. The van der Waals surface area contributed by atoms with E-state index in [1.807, 2.05) is 6.07 Å². The number of aromatic nitrogens is 5. The number of nitriles is 1. The molecular formula is C16H12ClN7O. The minimum atomic E-state index is -0.451. The van der Waals surface area contributed by atoms with Gasteiger partial charge in [-0.25, -0.2) is 15.0 Å². The molecule has 3 rings (SSSR count). The first kappa shape index (κ1) is 16.5. The highest BCUT2D eigenvalue weighted by atomic mass is 35.5. The molecule has 0 unspecified atom stereocenters. The molecule has 3 aromatic heterocycles. The fourth-order valence-corrected chi connectivity index (χ4v) is 2.33. The van der Waals surface area contributed by atoms with Crippen molar-refractivity contribution in [3.8, 4) is 11.9 Å². The van der Waals surface area contributed by atoms with Crippen LogP contribution in [0.4, 0.5) is 0 Å². The van der Waals surface area contributed by atoms with Gasteiger partial charge in [-0.2, -0.15) is 15.0 Å². The predicted octanol–water partition coefficient (Wildman–Crippen LogP) is 2.07. The van der Waals surface area contributed by atoms with Crippen molar-refractivity contribution in [2.45, 2.75) is 13.0 Å². The van der Waals surface area contributed by atoms with Gasteiger partial charge in [0.15, 0.2) is 11.6 Å². The molecule has 0 saturated carbocycles. The summed E-state index contributed by atoms with van der Waals surface area (Å²) in [6.07, 6.45) is 2.81. The number of amides is 1. The van der Waals surface area contributed by atoms with E-state index in [4.69, 9.17) is 16.9 Å². The van der Waals surface area contributed by atoms with Gasteiger partial charge in [0.05, 0.1) is 11.6 Å². The fourth-order valence-electron chi connectivity index (χ4n) is 2.17. The van der Waals surface area contributed by atoms with E-state index in [1.165, 1.54) is 17.2 Å². The number of rotatable bonds is 4. The molecule has 0 aromatic carbocycles. The number of hydrogen-bond donors (Lipinski definition) is 1. The highest BCUT2D eigenvalue weighted by molar-refractivity contribution is 6.29. The molecule has 0 aliphatic heterocycles. The van der Waals surface area contributed by atoms with Crippen LogP contribution in [0.3, 0.4) is 0 Å². The average Bonchev–Trinajstić information content (AvgIpc) is 3.11. The van der Waals surface area contributed by atoms with E-state index in [0.717, 1.165) is 0 Å². The summed E-state index contributed by atoms with van der Waals surface area (Å²) in [6.45, 7) is 1.77. The van der Waals surface area contributed by atoms with Crippen LogP contribution in [0.2, 0.25) is 5.15 Å². The molecule has 1 atom stereocenters. The lowest BCUT2D eigenvalue weighted by Gasteiger charge is -2.14. The Morgan fingerprint density at radius 2 is 2.16 bits per heavy atom. The zero-order valence-electron chi connectivity index (χ0n) is 13.1. The summed E-state index contributed by atoms with van der Waals surface area (Å²) in [5, 5.41) is 16.0. The third-order valence-electron chi connectivity index (χ3n) is 3.35. The van der Waals surface area contributed by atoms with Gasteiger partial charge in [0.2, 0.25) is 0 Å². The molecular weight excluding hydrogens is 342 g/mol. The first-order valence-electron chi connectivity index (χ1n) is 7.28. The molecule has 0 radical (unpaired) electrons. The summed E-state index contributed by atoms with van der Waals surface area (Å²) in [7, 11) is 0. The van der Waals surface area contributed by atoms with Crippen molar-refractivity contribution >= 4 is 17.5 Å². The predicted molar refractivity (Wildman–Crippen MR) is 89.0 cm³/mol. The molecule has 0 saturated heterocycles. The molecule has 0 aliphatic rings. The quantitative estimate of drug-likeness (QED) is 0.719. The highest BCUT2D eigenvalue weighted by Crippen LogP contribution is 2.14.